The third kappa shape index (κ3) is 11.8. The minimum absolute atomic E-state index is 0.113. The zero-order chi connectivity index (χ0) is 55.6. The molecule has 0 spiro atoms. The van der Waals surface area contributed by atoms with Gasteiger partial charge in [0.25, 0.3) is 0 Å². The van der Waals surface area contributed by atoms with E-state index in [-0.39, 0.29) is 32.2 Å². The molecule has 2 saturated heterocycles. The molecule has 6 aromatic heterocycles. The molecule has 0 bridgehead atoms. The van der Waals surface area contributed by atoms with Gasteiger partial charge in [0.2, 0.25) is 0 Å². The van der Waals surface area contributed by atoms with Gasteiger partial charge in [-0.15, -0.1) is 0 Å². The second-order valence-electron chi connectivity index (χ2n) is 22.3. The van der Waals surface area contributed by atoms with Crippen molar-refractivity contribution in [3.05, 3.63) is 148 Å². The molecule has 412 valence electrons. The normalized spacial score (nSPS) is 18.7. The van der Waals surface area contributed by atoms with E-state index >= 15 is 4.39 Å². The van der Waals surface area contributed by atoms with Gasteiger partial charge in [0, 0.05) is 104 Å². The molecule has 4 fully saturated rings. The number of rotatable bonds is 8. The molecule has 12 nitrogen and oxygen atoms in total. The summed E-state index contributed by atoms with van der Waals surface area (Å²) in [6, 6.07) is 19.2. The zero-order valence-corrected chi connectivity index (χ0v) is 46.4. The van der Waals surface area contributed by atoms with E-state index < -0.39 is 23.3 Å². The van der Waals surface area contributed by atoms with Crippen molar-refractivity contribution in [3.8, 4) is 22.8 Å². The predicted octanol–water partition coefficient (Wildman–Crippen LogP) is 14.5. The van der Waals surface area contributed by atoms with Crippen molar-refractivity contribution in [2.75, 3.05) is 73.5 Å². The molecule has 2 saturated carbocycles. The lowest BCUT2D eigenvalue weighted by Gasteiger charge is -2.32. The summed E-state index contributed by atoms with van der Waals surface area (Å²) >= 11 is 6.21. The Hall–Kier alpha value is -7.01. The van der Waals surface area contributed by atoms with Gasteiger partial charge in [0.1, 0.15) is 34.9 Å². The molecule has 8 heterocycles. The molecule has 79 heavy (non-hydrogen) atoms. The van der Waals surface area contributed by atoms with Gasteiger partial charge in [-0.05, 0) is 103 Å². The summed E-state index contributed by atoms with van der Waals surface area (Å²) in [5.41, 5.74) is 15.6. The van der Waals surface area contributed by atoms with Gasteiger partial charge in [-0.2, -0.15) is 0 Å². The van der Waals surface area contributed by atoms with Crippen molar-refractivity contribution < 1.29 is 27.0 Å². The summed E-state index contributed by atoms with van der Waals surface area (Å²) in [5.74, 6) is -0.0197. The molecule has 2 aliphatic carbocycles. The maximum Gasteiger partial charge on any atom is 0.137 e. The number of pyridine rings is 6. The van der Waals surface area contributed by atoms with E-state index in [4.69, 9.17) is 31.8 Å². The molecule has 2 unspecified atom stereocenters. The van der Waals surface area contributed by atoms with E-state index in [1.54, 1.807) is 31.5 Å². The maximum atomic E-state index is 15.4. The Morgan fingerprint density at radius 3 is 1.58 bits per heavy atom. The van der Waals surface area contributed by atoms with Gasteiger partial charge in [-0.3, -0.25) is 9.97 Å². The van der Waals surface area contributed by atoms with Crippen LogP contribution in [-0.4, -0.2) is 82.5 Å². The molecular formula is C62H67ClF4N10O2. The first-order chi connectivity index (χ1) is 38.0. The Kier molecular flexibility index (Phi) is 16.4. The van der Waals surface area contributed by atoms with Gasteiger partial charge in [0.05, 0.1) is 81.7 Å². The zero-order valence-electron chi connectivity index (χ0n) is 45.7. The molecule has 0 amide bonds. The lowest BCUT2D eigenvalue weighted by atomic mass is 9.77. The van der Waals surface area contributed by atoms with Gasteiger partial charge in [-0.25, -0.2) is 37.5 Å². The van der Waals surface area contributed by atoms with E-state index in [0.717, 1.165) is 111 Å². The molecule has 8 aromatic rings. The highest BCUT2D eigenvalue weighted by molar-refractivity contribution is 6.36. The van der Waals surface area contributed by atoms with Crippen LogP contribution in [0.5, 0.6) is 0 Å². The molecule has 2 aromatic carbocycles. The van der Waals surface area contributed by atoms with Crippen molar-refractivity contribution in [3.63, 3.8) is 0 Å². The number of nitrogens with two attached hydrogens (primary N) is 1. The molecule has 12 rings (SSSR count). The number of halogens is 5. The standard InChI is InChI=1S/C31H33F2N5O.C16H25N3O.C15H9ClF2N2/c1-19-29(24-8-4-5-10-34-24)37-26-16-20(32)15-23(33)28(26)30(19)36-25-17-27(38-11-13-39-14-12-38)35-18-21(25)22-7-6-9-31(22,2)3;1-16(2)5-3-4-13(16)12-11-18-15(10-14(12)17)19-6-8-20-9-7-19;1-8-14(16)13-10(18)6-9(17)7-12(13)20-15(8)11-4-2-3-5-19-11/h4-5,8,10,15-18,22H,6-7,9,11-14H2,1-3H3,(H,35,36,37);10-11,13H,3-9H2,1-2H3,(H2,17,18);2-7H,1H3. The lowest BCUT2D eigenvalue weighted by molar-refractivity contribution is 0.122. The number of fused-ring (bicyclic) bond motifs is 2. The summed E-state index contributed by atoms with van der Waals surface area (Å²) in [4.78, 5) is 31.6. The third-order valence-corrected chi connectivity index (χ3v) is 16.8. The summed E-state index contributed by atoms with van der Waals surface area (Å²) < 4.78 is 67.9. The summed E-state index contributed by atoms with van der Waals surface area (Å²) in [6.07, 6.45) is 14.5. The van der Waals surface area contributed by atoms with Crippen LogP contribution in [0.3, 0.4) is 0 Å². The van der Waals surface area contributed by atoms with Crippen LogP contribution in [0, 0.1) is 47.9 Å². The topological polar surface area (TPSA) is 140 Å². The second-order valence-corrected chi connectivity index (χ2v) is 22.7. The lowest BCUT2D eigenvalue weighted by Crippen LogP contribution is -2.36. The number of aromatic nitrogens is 6. The minimum Gasteiger partial charge on any atom is -0.398 e. The Labute approximate surface area is 464 Å². The SMILES string of the molecule is CC1(C)CCCC1c1cnc(N2CCOCC2)cc1N.Cc1c(-c2ccccn2)nc2cc(F)cc(F)c2c1Cl.Cc1c(-c2ccccn2)nc2cc(F)cc(F)c2c1Nc1cc(N2CCOCC2)ncc1C1CCCC1(C)C. The first kappa shape index (κ1) is 55.3. The molecule has 0 radical (unpaired) electrons. The molecule has 2 aliphatic heterocycles. The Bertz CT molecular complexity index is 3490. The highest BCUT2D eigenvalue weighted by Gasteiger charge is 2.38. The van der Waals surface area contributed by atoms with E-state index in [2.05, 4.69) is 79.9 Å². The number of anilines is 5. The number of hydrogen-bond acceptors (Lipinski definition) is 12. The summed E-state index contributed by atoms with van der Waals surface area (Å²) in [6.45, 7) is 19.1. The van der Waals surface area contributed by atoms with Crippen molar-refractivity contribution >= 4 is 62.1 Å². The van der Waals surface area contributed by atoms with Crippen LogP contribution in [0.2, 0.25) is 5.02 Å². The number of hydrogen-bond donors (Lipinski definition) is 2. The quantitative estimate of drug-likeness (QED) is 0.140. The first-order valence-corrected chi connectivity index (χ1v) is 27.6. The van der Waals surface area contributed by atoms with E-state index in [9.17, 15) is 13.2 Å². The Morgan fingerprint density at radius 2 is 1.09 bits per heavy atom. The van der Waals surface area contributed by atoms with E-state index in [1.807, 2.05) is 43.6 Å². The fourth-order valence-electron chi connectivity index (χ4n) is 11.9. The fraction of sp³-hybridized carbons (Fsp3) is 0.387. The average molecular weight is 1100 g/mol. The molecule has 4 aliphatic rings. The first-order valence-electron chi connectivity index (χ1n) is 27.2. The largest absolute Gasteiger partial charge is 0.398 e. The number of ether oxygens (including phenoxy) is 2. The average Bonchev–Trinajstić information content (AvgIpc) is 4.13. The number of nitrogens with zero attached hydrogens (tertiary/aromatic N) is 8. The van der Waals surface area contributed by atoms with Crippen molar-refractivity contribution in [1.29, 1.82) is 0 Å². The molecule has 17 heteroatoms. The van der Waals surface area contributed by atoms with Crippen LogP contribution < -0.4 is 20.9 Å². The Morgan fingerprint density at radius 1 is 0.608 bits per heavy atom. The van der Waals surface area contributed by atoms with Crippen molar-refractivity contribution in [1.82, 2.24) is 29.9 Å². The van der Waals surface area contributed by atoms with Gasteiger partial charge in [0.15, 0.2) is 0 Å². The second kappa shape index (κ2) is 23.4. The number of benzene rings is 2. The van der Waals surface area contributed by atoms with Crippen LogP contribution in [0.15, 0.2) is 97.6 Å². The van der Waals surface area contributed by atoms with Gasteiger partial charge < -0.3 is 30.3 Å². The highest BCUT2D eigenvalue weighted by Crippen LogP contribution is 2.52. The maximum absolute atomic E-state index is 15.4. The smallest absolute Gasteiger partial charge is 0.137 e. The summed E-state index contributed by atoms with van der Waals surface area (Å²) in [7, 11) is 0. The van der Waals surface area contributed by atoms with Gasteiger partial charge in [-0.1, -0.05) is 64.3 Å². The monoisotopic (exact) mass is 1090 g/mol. The van der Waals surface area contributed by atoms with E-state index in [0.29, 0.717) is 64.5 Å². The van der Waals surface area contributed by atoms with Crippen molar-refractivity contribution in [2.24, 2.45) is 10.8 Å². The molecule has 2 atom stereocenters. The summed E-state index contributed by atoms with van der Waals surface area (Å²) in [5, 5.41) is 4.24. The Balaban J connectivity index is 0.000000148. The highest BCUT2D eigenvalue weighted by atomic mass is 35.5. The predicted molar refractivity (Wildman–Crippen MR) is 307 cm³/mol. The van der Waals surface area contributed by atoms with Crippen LogP contribution >= 0.6 is 11.6 Å². The van der Waals surface area contributed by atoms with Crippen LogP contribution in [0.4, 0.5) is 46.3 Å². The van der Waals surface area contributed by atoms with Crippen LogP contribution in [0.1, 0.15) is 100 Å². The number of morpholine rings is 2. The van der Waals surface area contributed by atoms with Crippen molar-refractivity contribution in [2.45, 2.75) is 91.9 Å². The number of nitrogens with one attached hydrogen (secondary N) is 1. The van der Waals surface area contributed by atoms with E-state index in [1.165, 1.54) is 30.9 Å². The third-order valence-electron chi connectivity index (χ3n) is 16.3. The van der Waals surface area contributed by atoms with Crippen LogP contribution in [0.25, 0.3) is 44.6 Å². The number of nitrogen functional groups attached to an aromatic ring is 1. The molecule has 3 N–H and O–H groups in total. The van der Waals surface area contributed by atoms with Gasteiger partial charge >= 0.3 is 0 Å². The molecular weight excluding hydrogens is 1030 g/mol. The fourth-order valence-corrected chi connectivity index (χ4v) is 12.2. The van der Waals surface area contributed by atoms with Crippen LogP contribution in [-0.2, 0) is 9.47 Å². The minimum atomic E-state index is -0.715.